The van der Waals surface area contributed by atoms with E-state index in [-0.39, 0.29) is 24.6 Å². The van der Waals surface area contributed by atoms with Crippen molar-refractivity contribution in [2.45, 2.75) is 76.8 Å². The van der Waals surface area contributed by atoms with Crippen LogP contribution in [-0.2, 0) is 18.0 Å². The number of nitrogens with zero attached hydrogens (tertiary/aromatic N) is 1. The van der Waals surface area contributed by atoms with Crippen LogP contribution in [0.3, 0.4) is 0 Å². The number of aliphatic hydroxyl groups is 2. The predicted octanol–water partition coefficient (Wildman–Crippen LogP) is 6.32. The highest BCUT2D eigenvalue weighted by molar-refractivity contribution is 6.33. The third-order valence-corrected chi connectivity index (χ3v) is 6.74. The van der Waals surface area contributed by atoms with E-state index in [9.17, 15) is 9.50 Å². The first-order chi connectivity index (χ1) is 16.5. The molecule has 0 atom stereocenters. The zero-order valence-corrected chi connectivity index (χ0v) is 20.1. The molecule has 2 aliphatic rings. The van der Waals surface area contributed by atoms with E-state index in [1.165, 1.54) is 12.1 Å². The molecule has 2 fully saturated rings. The minimum atomic E-state index is -0.271. The molecule has 5 nitrogen and oxygen atoms in total. The highest BCUT2D eigenvalue weighted by Gasteiger charge is 2.33. The van der Waals surface area contributed by atoms with Gasteiger partial charge in [0, 0.05) is 17.0 Å². The molecule has 2 N–H and O–H groups in total. The molecule has 0 bridgehead atoms. The molecule has 1 heterocycles. The van der Waals surface area contributed by atoms with Crippen molar-refractivity contribution in [2.75, 3.05) is 0 Å². The van der Waals surface area contributed by atoms with Crippen molar-refractivity contribution in [2.24, 2.45) is 0 Å². The summed E-state index contributed by atoms with van der Waals surface area (Å²) in [7, 11) is 0. The molecule has 182 valence electrons. The molecule has 2 saturated carbocycles. The van der Waals surface area contributed by atoms with Crippen molar-refractivity contribution in [3.63, 3.8) is 0 Å². The lowest BCUT2D eigenvalue weighted by Gasteiger charge is -2.25. The summed E-state index contributed by atoms with van der Waals surface area (Å²) < 4.78 is 24.0. The van der Waals surface area contributed by atoms with Crippen molar-refractivity contribution in [3.8, 4) is 11.3 Å². The Kier molecular flexibility index (Phi) is 8.37. The first kappa shape index (κ1) is 24.9. The van der Waals surface area contributed by atoms with Crippen molar-refractivity contribution >= 4 is 11.6 Å². The Morgan fingerprint density at radius 2 is 1.76 bits per heavy atom. The van der Waals surface area contributed by atoms with Gasteiger partial charge >= 0.3 is 0 Å². The molecule has 2 aromatic carbocycles. The zero-order valence-electron chi connectivity index (χ0n) is 19.3. The molecular formula is C27H31ClFNO4. The first-order valence-electron chi connectivity index (χ1n) is 11.8. The van der Waals surface area contributed by atoms with Gasteiger partial charge in [0.05, 0.1) is 30.4 Å². The molecule has 5 rings (SSSR count). The van der Waals surface area contributed by atoms with Gasteiger partial charge in [-0.1, -0.05) is 41.0 Å². The summed E-state index contributed by atoms with van der Waals surface area (Å²) in [5.41, 5.74) is 4.63. The Balaban J connectivity index is 0.000000257. The second kappa shape index (κ2) is 11.5. The van der Waals surface area contributed by atoms with Crippen LogP contribution in [0.5, 0.6) is 0 Å². The summed E-state index contributed by atoms with van der Waals surface area (Å²) in [6, 6.07) is 11.6. The fourth-order valence-electron chi connectivity index (χ4n) is 4.26. The number of benzene rings is 2. The predicted molar refractivity (Wildman–Crippen MR) is 129 cm³/mol. The number of halogens is 2. The molecular weight excluding hydrogens is 457 g/mol. The maximum absolute atomic E-state index is 12.1. The van der Waals surface area contributed by atoms with Gasteiger partial charge in [-0.3, -0.25) is 0 Å². The first-order valence-corrected chi connectivity index (χ1v) is 12.2. The summed E-state index contributed by atoms with van der Waals surface area (Å²) in [6.07, 6.45) is 5.79. The Morgan fingerprint density at radius 1 is 1.06 bits per heavy atom. The third-order valence-electron chi connectivity index (χ3n) is 6.43. The van der Waals surface area contributed by atoms with Gasteiger partial charge in [0.15, 0.2) is 0 Å². The standard InChI is InChI=1S/C20H24ClNO3.C7H7FO/c1-12-3-2-4-17(21)18(12)19-16(20(25-22-19)13-5-6-13)11-24-15-9-7-14(23)8-10-15;8-7-3-1-6(5-9)2-4-7/h2-4,13-15,23H,5-11H2,1H3;1-4,9H,5H2. The quantitative estimate of drug-likeness (QED) is 0.425. The van der Waals surface area contributed by atoms with Crippen LogP contribution in [0.25, 0.3) is 11.3 Å². The van der Waals surface area contributed by atoms with E-state index in [1.54, 1.807) is 12.1 Å². The van der Waals surface area contributed by atoms with E-state index < -0.39 is 0 Å². The van der Waals surface area contributed by atoms with Crippen molar-refractivity contribution in [1.82, 2.24) is 5.16 Å². The second-order valence-electron chi connectivity index (χ2n) is 9.11. The van der Waals surface area contributed by atoms with Gasteiger partial charge in [-0.2, -0.15) is 0 Å². The van der Waals surface area contributed by atoms with Crippen LogP contribution in [0.2, 0.25) is 5.02 Å². The van der Waals surface area contributed by atoms with Gasteiger partial charge < -0.3 is 19.5 Å². The number of hydrogen-bond donors (Lipinski definition) is 2. The third kappa shape index (κ3) is 6.25. The van der Waals surface area contributed by atoms with Crippen LogP contribution in [-0.4, -0.2) is 27.6 Å². The van der Waals surface area contributed by atoms with Crippen LogP contribution < -0.4 is 0 Å². The largest absolute Gasteiger partial charge is 0.393 e. The van der Waals surface area contributed by atoms with E-state index in [0.717, 1.165) is 72.2 Å². The molecule has 7 heteroatoms. The van der Waals surface area contributed by atoms with Crippen LogP contribution in [0.4, 0.5) is 4.39 Å². The number of aryl methyl sites for hydroxylation is 1. The van der Waals surface area contributed by atoms with Crippen LogP contribution in [0.15, 0.2) is 47.0 Å². The summed E-state index contributed by atoms with van der Waals surface area (Å²) >= 11 is 6.46. The van der Waals surface area contributed by atoms with Gasteiger partial charge in [-0.15, -0.1) is 0 Å². The summed E-state index contributed by atoms with van der Waals surface area (Å²) in [4.78, 5) is 0. The minimum absolute atomic E-state index is 0.0275. The summed E-state index contributed by atoms with van der Waals surface area (Å²) in [6.45, 7) is 2.51. The second-order valence-corrected chi connectivity index (χ2v) is 9.51. The average molecular weight is 488 g/mol. The number of aromatic nitrogens is 1. The SMILES string of the molecule is Cc1cccc(Cl)c1-c1noc(C2CC2)c1COC1CCC(O)CC1.OCc1ccc(F)cc1. The highest BCUT2D eigenvalue weighted by Crippen LogP contribution is 2.45. The fourth-order valence-corrected chi connectivity index (χ4v) is 4.57. The Morgan fingerprint density at radius 3 is 2.38 bits per heavy atom. The topological polar surface area (TPSA) is 75.7 Å². The smallest absolute Gasteiger partial charge is 0.145 e. The van der Waals surface area contributed by atoms with Crippen LogP contribution >= 0.6 is 11.6 Å². The van der Waals surface area contributed by atoms with E-state index in [0.29, 0.717) is 17.5 Å². The number of hydrogen-bond acceptors (Lipinski definition) is 5. The van der Waals surface area contributed by atoms with Gasteiger partial charge in [0.2, 0.25) is 0 Å². The molecule has 0 amide bonds. The molecule has 3 aromatic rings. The maximum Gasteiger partial charge on any atom is 0.145 e. The van der Waals surface area contributed by atoms with Gasteiger partial charge in [0.1, 0.15) is 17.3 Å². The minimum Gasteiger partial charge on any atom is -0.393 e. The average Bonchev–Trinajstić information content (AvgIpc) is 3.60. The normalized spacial score (nSPS) is 20.0. The van der Waals surface area contributed by atoms with Gasteiger partial charge in [0.25, 0.3) is 0 Å². The number of rotatable bonds is 6. The fraction of sp³-hybridized carbons (Fsp3) is 0.444. The lowest BCUT2D eigenvalue weighted by atomic mass is 9.95. The molecule has 0 aliphatic heterocycles. The van der Waals surface area contributed by atoms with E-state index in [2.05, 4.69) is 5.16 Å². The Hall–Kier alpha value is -2.25. The monoisotopic (exact) mass is 487 g/mol. The van der Waals surface area contributed by atoms with Crippen LogP contribution in [0, 0.1) is 12.7 Å². The van der Waals surface area contributed by atoms with Gasteiger partial charge in [-0.05, 0) is 74.8 Å². The molecule has 2 aliphatic carbocycles. The maximum atomic E-state index is 12.1. The van der Waals surface area contributed by atoms with E-state index >= 15 is 0 Å². The van der Waals surface area contributed by atoms with Crippen molar-refractivity contribution < 1.29 is 23.9 Å². The zero-order chi connectivity index (χ0) is 24.1. The van der Waals surface area contributed by atoms with E-state index in [1.807, 2.05) is 25.1 Å². The Bertz CT molecular complexity index is 1050. The van der Waals surface area contributed by atoms with Crippen molar-refractivity contribution in [3.05, 3.63) is 75.8 Å². The summed E-state index contributed by atoms with van der Waals surface area (Å²) in [5, 5.41) is 23.2. The molecule has 0 spiro atoms. The molecule has 0 radical (unpaired) electrons. The van der Waals surface area contributed by atoms with E-state index in [4.69, 9.17) is 26.0 Å². The lowest BCUT2D eigenvalue weighted by molar-refractivity contribution is -0.0121. The Labute approximate surface area is 204 Å². The number of ether oxygens (including phenoxy) is 1. The van der Waals surface area contributed by atoms with Gasteiger partial charge in [-0.25, -0.2) is 4.39 Å². The van der Waals surface area contributed by atoms with Crippen molar-refractivity contribution in [1.29, 1.82) is 0 Å². The molecule has 1 aromatic heterocycles. The molecule has 0 unspecified atom stereocenters. The lowest BCUT2D eigenvalue weighted by Crippen LogP contribution is -2.24. The molecule has 34 heavy (non-hydrogen) atoms. The highest BCUT2D eigenvalue weighted by atomic mass is 35.5. The number of aliphatic hydroxyl groups excluding tert-OH is 2. The van der Waals surface area contributed by atoms with Crippen LogP contribution in [0.1, 0.15) is 66.9 Å². The molecule has 0 saturated heterocycles. The summed E-state index contributed by atoms with van der Waals surface area (Å²) in [5.74, 6) is 1.16.